The van der Waals surface area contributed by atoms with Gasteiger partial charge in [0.15, 0.2) is 0 Å². The molecule has 1 heterocycles. The van der Waals surface area contributed by atoms with E-state index in [0.29, 0.717) is 11.9 Å². The van der Waals surface area contributed by atoms with Gasteiger partial charge in [-0.3, -0.25) is 0 Å². The monoisotopic (exact) mass is 293 g/mol. The van der Waals surface area contributed by atoms with E-state index in [1.165, 1.54) is 0 Å². The predicted molar refractivity (Wildman–Crippen MR) is 79.1 cm³/mol. The van der Waals surface area contributed by atoms with Crippen molar-refractivity contribution in [3.05, 3.63) is 41.2 Å². The molecule has 0 saturated carbocycles. The number of aliphatic hydroxyl groups excluding tert-OH is 1. The molecule has 0 spiro atoms. The van der Waals surface area contributed by atoms with Gasteiger partial charge in [0, 0.05) is 14.1 Å². The molecule has 0 fully saturated rings. The van der Waals surface area contributed by atoms with Crippen molar-refractivity contribution in [2.24, 2.45) is 0 Å². The van der Waals surface area contributed by atoms with Crippen LogP contribution >= 0.6 is 11.6 Å². The third-order valence-electron chi connectivity index (χ3n) is 2.68. The van der Waals surface area contributed by atoms with E-state index in [1.807, 2.05) is 44.4 Å². The zero-order valence-corrected chi connectivity index (χ0v) is 12.0. The van der Waals surface area contributed by atoms with Crippen LogP contribution in [0, 0.1) is 0 Å². The van der Waals surface area contributed by atoms with Crippen LogP contribution in [0.3, 0.4) is 0 Å². The average molecular weight is 294 g/mol. The lowest BCUT2D eigenvalue weighted by Gasteiger charge is -2.18. The number of benzene rings is 1. The Morgan fingerprint density at radius 3 is 2.50 bits per heavy atom. The molecule has 2 rings (SSSR count). The first-order valence-electron chi connectivity index (χ1n) is 6.11. The molecular weight excluding hydrogens is 278 g/mol. The second-order valence-electron chi connectivity index (χ2n) is 4.41. The van der Waals surface area contributed by atoms with Crippen LogP contribution in [-0.4, -0.2) is 40.8 Å². The molecule has 106 valence electrons. The summed E-state index contributed by atoms with van der Waals surface area (Å²) in [6, 6.07) is 9.27. The molecule has 1 aromatic heterocycles. The molecule has 1 atom stereocenters. The van der Waals surface area contributed by atoms with Crippen molar-refractivity contribution in [1.29, 1.82) is 0 Å². The molecule has 7 heteroatoms. The van der Waals surface area contributed by atoms with E-state index in [-0.39, 0.29) is 17.9 Å². The summed E-state index contributed by atoms with van der Waals surface area (Å²) in [6.45, 7) is -0.0788. The van der Waals surface area contributed by atoms with Crippen molar-refractivity contribution >= 4 is 23.5 Å². The molecule has 0 saturated heterocycles. The highest BCUT2D eigenvalue weighted by atomic mass is 35.5. The summed E-state index contributed by atoms with van der Waals surface area (Å²) >= 11 is 5.88. The lowest BCUT2D eigenvalue weighted by molar-refractivity contribution is 0.276. The van der Waals surface area contributed by atoms with Crippen molar-refractivity contribution in [3.8, 4) is 0 Å². The molecular formula is C13H16ClN5O. The van der Waals surface area contributed by atoms with Crippen LogP contribution in [0.1, 0.15) is 11.6 Å². The van der Waals surface area contributed by atoms with Gasteiger partial charge in [-0.2, -0.15) is 15.0 Å². The quantitative estimate of drug-likeness (QED) is 0.875. The number of aromatic nitrogens is 3. The molecule has 0 aliphatic heterocycles. The number of hydrogen-bond donors (Lipinski definition) is 2. The molecule has 0 bridgehead atoms. The van der Waals surface area contributed by atoms with Gasteiger partial charge in [-0.1, -0.05) is 30.3 Å². The molecule has 0 radical (unpaired) electrons. The summed E-state index contributed by atoms with van der Waals surface area (Å²) in [5, 5.41) is 12.7. The van der Waals surface area contributed by atoms with E-state index in [2.05, 4.69) is 20.3 Å². The fourth-order valence-electron chi connectivity index (χ4n) is 1.68. The van der Waals surface area contributed by atoms with Crippen molar-refractivity contribution in [2.45, 2.75) is 6.04 Å². The maximum Gasteiger partial charge on any atom is 0.230 e. The van der Waals surface area contributed by atoms with Crippen LogP contribution in [0.4, 0.5) is 11.9 Å². The van der Waals surface area contributed by atoms with Gasteiger partial charge < -0.3 is 15.3 Å². The molecule has 1 unspecified atom stereocenters. The van der Waals surface area contributed by atoms with Crippen molar-refractivity contribution in [1.82, 2.24) is 15.0 Å². The number of aliphatic hydroxyl groups is 1. The summed E-state index contributed by atoms with van der Waals surface area (Å²) in [6.07, 6.45) is 0. The normalized spacial score (nSPS) is 12.0. The molecule has 6 nitrogen and oxygen atoms in total. The van der Waals surface area contributed by atoms with Gasteiger partial charge in [0.2, 0.25) is 17.2 Å². The van der Waals surface area contributed by atoms with E-state index >= 15 is 0 Å². The topological polar surface area (TPSA) is 74.2 Å². The Morgan fingerprint density at radius 1 is 1.20 bits per heavy atom. The number of rotatable bonds is 5. The number of hydrogen-bond acceptors (Lipinski definition) is 6. The van der Waals surface area contributed by atoms with Crippen LogP contribution in [0.5, 0.6) is 0 Å². The van der Waals surface area contributed by atoms with Crippen LogP contribution < -0.4 is 10.2 Å². The number of anilines is 2. The third kappa shape index (κ3) is 3.55. The van der Waals surface area contributed by atoms with E-state index in [1.54, 1.807) is 4.90 Å². The van der Waals surface area contributed by atoms with Gasteiger partial charge in [0.25, 0.3) is 0 Å². The highest BCUT2D eigenvalue weighted by Gasteiger charge is 2.13. The fourth-order valence-corrected chi connectivity index (χ4v) is 1.84. The predicted octanol–water partition coefficient (Wildman–Crippen LogP) is 1.74. The number of nitrogens with zero attached hydrogens (tertiary/aromatic N) is 4. The van der Waals surface area contributed by atoms with E-state index in [9.17, 15) is 5.11 Å². The van der Waals surface area contributed by atoms with E-state index in [4.69, 9.17) is 11.6 Å². The maximum atomic E-state index is 9.51. The Hall–Kier alpha value is -1.92. The third-order valence-corrected chi connectivity index (χ3v) is 2.85. The zero-order chi connectivity index (χ0) is 14.5. The van der Waals surface area contributed by atoms with E-state index in [0.717, 1.165) is 5.56 Å². The minimum Gasteiger partial charge on any atom is -0.394 e. The van der Waals surface area contributed by atoms with Crippen LogP contribution in [0.2, 0.25) is 5.28 Å². The number of nitrogens with one attached hydrogen (secondary N) is 1. The highest BCUT2D eigenvalue weighted by Crippen LogP contribution is 2.18. The largest absolute Gasteiger partial charge is 0.394 e. The lowest BCUT2D eigenvalue weighted by atomic mass is 10.1. The van der Waals surface area contributed by atoms with Gasteiger partial charge in [0.05, 0.1) is 12.6 Å². The second kappa shape index (κ2) is 6.49. The van der Waals surface area contributed by atoms with Crippen molar-refractivity contribution in [3.63, 3.8) is 0 Å². The zero-order valence-electron chi connectivity index (χ0n) is 11.3. The molecule has 0 aliphatic carbocycles. The standard InChI is InChI=1S/C13H16ClN5O/c1-19(2)13-17-11(14)16-12(18-13)15-10(8-20)9-6-4-3-5-7-9/h3-7,10,20H,8H2,1-2H3,(H,15,16,17,18). The minimum absolute atomic E-state index is 0.0788. The first kappa shape index (κ1) is 14.5. The first-order chi connectivity index (χ1) is 9.60. The molecule has 2 N–H and O–H groups in total. The first-order valence-corrected chi connectivity index (χ1v) is 6.49. The SMILES string of the molecule is CN(C)c1nc(Cl)nc(NC(CO)c2ccccc2)n1. The van der Waals surface area contributed by atoms with Gasteiger partial charge in [0.1, 0.15) is 0 Å². The van der Waals surface area contributed by atoms with Gasteiger partial charge >= 0.3 is 0 Å². The molecule has 2 aromatic rings. The highest BCUT2D eigenvalue weighted by molar-refractivity contribution is 6.28. The van der Waals surface area contributed by atoms with Crippen molar-refractivity contribution in [2.75, 3.05) is 30.9 Å². The Labute approximate surface area is 122 Å². The number of halogens is 1. The second-order valence-corrected chi connectivity index (χ2v) is 4.75. The fraction of sp³-hybridized carbons (Fsp3) is 0.308. The Morgan fingerprint density at radius 2 is 1.90 bits per heavy atom. The van der Waals surface area contributed by atoms with Crippen LogP contribution in [0.25, 0.3) is 0 Å². The van der Waals surface area contributed by atoms with Crippen LogP contribution in [0.15, 0.2) is 30.3 Å². The smallest absolute Gasteiger partial charge is 0.230 e. The van der Waals surface area contributed by atoms with Crippen molar-refractivity contribution < 1.29 is 5.11 Å². The molecule has 0 aliphatic rings. The average Bonchev–Trinajstić information content (AvgIpc) is 2.45. The van der Waals surface area contributed by atoms with Gasteiger partial charge in [-0.15, -0.1) is 0 Å². The maximum absolute atomic E-state index is 9.51. The van der Waals surface area contributed by atoms with Crippen LogP contribution in [-0.2, 0) is 0 Å². The Kier molecular flexibility index (Phi) is 4.70. The summed E-state index contributed by atoms with van der Waals surface area (Å²) in [5.41, 5.74) is 0.943. The van der Waals surface area contributed by atoms with E-state index < -0.39 is 0 Å². The molecule has 1 aromatic carbocycles. The molecule has 0 amide bonds. The summed E-state index contributed by atoms with van der Waals surface area (Å²) in [4.78, 5) is 14.0. The van der Waals surface area contributed by atoms with Gasteiger partial charge in [-0.25, -0.2) is 0 Å². The summed E-state index contributed by atoms with van der Waals surface area (Å²) < 4.78 is 0. The Balaban J connectivity index is 2.24. The lowest BCUT2D eigenvalue weighted by Crippen LogP contribution is -2.19. The summed E-state index contributed by atoms with van der Waals surface area (Å²) in [7, 11) is 3.63. The molecule has 20 heavy (non-hydrogen) atoms. The minimum atomic E-state index is -0.301. The summed E-state index contributed by atoms with van der Waals surface area (Å²) in [5.74, 6) is 0.786. The Bertz CT molecular complexity index is 564. The van der Waals surface area contributed by atoms with Gasteiger partial charge in [-0.05, 0) is 17.2 Å².